The Morgan fingerprint density at radius 3 is 2.45 bits per heavy atom. The number of benzene rings is 3. The second-order valence-corrected chi connectivity index (χ2v) is 8.14. The smallest absolute Gasteiger partial charge is 0.335 e. The number of ether oxygens (including phenoxy) is 1. The molecule has 2 bridgehead atoms. The standard InChI is InChI=1S/C25H21FN2O3/c1-16-11-13-17(14-12-16)28-24(30)27(23(29)18-7-3-5-9-20(18)26)21-15-25(28,2)31-22-10-6-4-8-19(21)22/h3-14,21H,15H2,1-2H3/t21-,25+/m0/s1. The molecule has 3 aromatic carbocycles. The zero-order valence-electron chi connectivity index (χ0n) is 17.2. The molecule has 3 aromatic rings. The minimum Gasteiger partial charge on any atom is -0.467 e. The molecule has 1 saturated heterocycles. The molecule has 2 aliphatic rings. The fourth-order valence-corrected chi connectivity index (χ4v) is 4.48. The van der Waals surface area contributed by atoms with E-state index in [1.807, 2.05) is 62.4 Å². The number of amides is 3. The van der Waals surface area contributed by atoms with Gasteiger partial charge in [-0.25, -0.2) is 9.18 Å². The highest BCUT2D eigenvalue weighted by Gasteiger charge is 2.55. The number of carbonyl (C=O) groups excluding carboxylic acids is 2. The lowest BCUT2D eigenvalue weighted by Crippen LogP contribution is -2.67. The Bertz CT molecular complexity index is 1190. The zero-order valence-corrected chi connectivity index (χ0v) is 17.2. The Kier molecular flexibility index (Phi) is 4.32. The van der Waals surface area contributed by atoms with Crippen LogP contribution >= 0.6 is 0 Å². The van der Waals surface area contributed by atoms with Gasteiger partial charge in [0, 0.05) is 17.7 Å². The second kappa shape index (κ2) is 6.94. The van der Waals surface area contributed by atoms with E-state index in [0.29, 0.717) is 17.9 Å². The molecule has 0 aliphatic carbocycles. The van der Waals surface area contributed by atoms with Crippen LogP contribution in [-0.2, 0) is 0 Å². The van der Waals surface area contributed by atoms with Crippen LogP contribution < -0.4 is 9.64 Å². The summed E-state index contributed by atoms with van der Waals surface area (Å²) in [5.74, 6) is -0.711. The number of imide groups is 1. The van der Waals surface area contributed by atoms with Gasteiger partial charge in [0.1, 0.15) is 11.6 Å². The number of para-hydroxylation sites is 1. The molecule has 5 rings (SSSR count). The van der Waals surface area contributed by atoms with Crippen LogP contribution in [0.4, 0.5) is 14.9 Å². The minimum absolute atomic E-state index is 0.132. The van der Waals surface area contributed by atoms with Gasteiger partial charge in [-0.15, -0.1) is 0 Å². The molecule has 0 aromatic heterocycles. The lowest BCUT2D eigenvalue weighted by atomic mass is 9.88. The highest BCUT2D eigenvalue weighted by atomic mass is 19.1. The van der Waals surface area contributed by atoms with Crippen molar-refractivity contribution in [2.75, 3.05) is 4.90 Å². The summed E-state index contributed by atoms with van der Waals surface area (Å²) in [5, 5.41) is 0. The number of hydrogen-bond donors (Lipinski definition) is 0. The first-order valence-corrected chi connectivity index (χ1v) is 10.2. The topological polar surface area (TPSA) is 49.9 Å². The van der Waals surface area contributed by atoms with Gasteiger partial charge in [0.15, 0.2) is 5.72 Å². The molecule has 1 fully saturated rings. The third-order valence-electron chi connectivity index (χ3n) is 5.98. The number of carbonyl (C=O) groups is 2. The van der Waals surface area contributed by atoms with Crippen LogP contribution in [0.15, 0.2) is 72.8 Å². The Balaban J connectivity index is 1.68. The number of urea groups is 1. The van der Waals surface area contributed by atoms with Crippen LogP contribution in [0.3, 0.4) is 0 Å². The van der Waals surface area contributed by atoms with E-state index in [1.54, 1.807) is 6.07 Å². The lowest BCUT2D eigenvalue weighted by molar-refractivity contribution is 0.00256. The third-order valence-corrected chi connectivity index (χ3v) is 5.98. The molecule has 0 unspecified atom stereocenters. The first kappa shape index (κ1) is 19.3. The predicted octanol–water partition coefficient (Wildman–Crippen LogP) is 5.46. The average molecular weight is 416 g/mol. The van der Waals surface area contributed by atoms with Crippen molar-refractivity contribution < 1.29 is 18.7 Å². The molecule has 31 heavy (non-hydrogen) atoms. The summed E-state index contributed by atoms with van der Waals surface area (Å²) in [7, 11) is 0. The van der Waals surface area contributed by atoms with Crippen molar-refractivity contribution in [1.82, 2.24) is 4.90 Å². The van der Waals surface area contributed by atoms with E-state index in [4.69, 9.17) is 4.74 Å². The number of aryl methyl sites for hydroxylation is 1. The second-order valence-electron chi connectivity index (χ2n) is 8.14. The first-order chi connectivity index (χ1) is 14.9. The number of anilines is 1. The molecule has 2 heterocycles. The summed E-state index contributed by atoms with van der Waals surface area (Å²) in [6.07, 6.45) is 0.365. The van der Waals surface area contributed by atoms with Crippen LogP contribution in [0.2, 0.25) is 0 Å². The van der Waals surface area contributed by atoms with Crippen LogP contribution in [0.25, 0.3) is 0 Å². The molecule has 0 radical (unpaired) electrons. The quantitative estimate of drug-likeness (QED) is 0.558. The normalized spacial score (nSPS) is 22.0. The molecule has 2 atom stereocenters. The van der Waals surface area contributed by atoms with Crippen molar-refractivity contribution in [2.24, 2.45) is 0 Å². The van der Waals surface area contributed by atoms with Gasteiger partial charge in [-0.3, -0.25) is 14.6 Å². The average Bonchev–Trinajstić information content (AvgIpc) is 2.75. The Hall–Kier alpha value is -3.67. The maximum atomic E-state index is 14.5. The maximum Gasteiger partial charge on any atom is 0.335 e. The fourth-order valence-electron chi connectivity index (χ4n) is 4.48. The molecule has 0 saturated carbocycles. The molecule has 5 nitrogen and oxygen atoms in total. The maximum absolute atomic E-state index is 14.5. The highest BCUT2D eigenvalue weighted by molar-refractivity contribution is 6.10. The van der Waals surface area contributed by atoms with Crippen molar-refractivity contribution in [3.05, 3.63) is 95.3 Å². The molecule has 0 N–H and O–H groups in total. The van der Waals surface area contributed by atoms with Crippen molar-refractivity contribution in [3.63, 3.8) is 0 Å². The summed E-state index contributed by atoms with van der Waals surface area (Å²) in [6.45, 7) is 3.81. The van der Waals surface area contributed by atoms with Gasteiger partial charge in [0.05, 0.1) is 11.6 Å². The van der Waals surface area contributed by atoms with Crippen LogP contribution in [0.1, 0.15) is 40.9 Å². The fraction of sp³-hybridized carbons (Fsp3) is 0.200. The van der Waals surface area contributed by atoms with Crippen LogP contribution in [0, 0.1) is 12.7 Å². The van der Waals surface area contributed by atoms with Crippen LogP contribution in [0.5, 0.6) is 5.75 Å². The molecule has 2 aliphatic heterocycles. The molecular formula is C25H21FN2O3. The Morgan fingerprint density at radius 1 is 1.03 bits per heavy atom. The van der Waals surface area contributed by atoms with Crippen molar-refractivity contribution >= 4 is 17.6 Å². The SMILES string of the molecule is Cc1ccc(N2C(=O)N(C(=O)c3ccccc3F)[C@H]3C[C@@]2(C)Oc2ccccc23)cc1. The van der Waals surface area contributed by atoms with Gasteiger partial charge in [0.25, 0.3) is 5.91 Å². The summed E-state index contributed by atoms with van der Waals surface area (Å²) in [6, 6.07) is 19.5. The summed E-state index contributed by atoms with van der Waals surface area (Å²) in [4.78, 5) is 29.9. The number of nitrogens with zero attached hydrogens (tertiary/aromatic N) is 2. The summed E-state index contributed by atoms with van der Waals surface area (Å²) < 4.78 is 20.8. The van der Waals surface area contributed by atoms with E-state index in [2.05, 4.69) is 0 Å². The van der Waals surface area contributed by atoms with E-state index in [0.717, 1.165) is 11.1 Å². The molecule has 156 valence electrons. The first-order valence-electron chi connectivity index (χ1n) is 10.2. The Morgan fingerprint density at radius 2 is 1.71 bits per heavy atom. The number of rotatable bonds is 2. The molecular weight excluding hydrogens is 395 g/mol. The van der Waals surface area contributed by atoms with Gasteiger partial charge in [-0.05, 0) is 44.2 Å². The summed E-state index contributed by atoms with van der Waals surface area (Å²) >= 11 is 0. The van der Waals surface area contributed by atoms with Gasteiger partial charge >= 0.3 is 6.03 Å². The third kappa shape index (κ3) is 2.98. The van der Waals surface area contributed by atoms with Gasteiger partial charge in [0.2, 0.25) is 0 Å². The van der Waals surface area contributed by atoms with E-state index in [9.17, 15) is 14.0 Å². The van der Waals surface area contributed by atoms with Crippen LogP contribution in [-0.4, -0.2) is 22.6 Å². The largest absolute Gasteiger partial charge is 0.467 e. The lowest BCUT2D eigenvalue weighted by Gasteiger charge is -2.53. The highest BCUT2D eigenvalue weighted by Crippen LogP contribution is 2.49. The molecule has 3 amide bonds. The number of hydrogen-bond acceptors (Lipinski definition) is 3. The van der Waals surface area contributed by atoms with E-state index < -0.39 is 29.5 Å². The molecule has 6 heteroatoms. The van der Waals surface area contributed by atoms with E-state index in [-0.39, 0.29) is 5.56 Å². The number of halogens is 1. The molecule has 0 spiro atoms. The van der Waals surface area contributed by atoms with Crippen molar-refractivity contribution in [2.45, 2.75) is 32.0 Å². The zero-order chi connectivity index (χ0) is 21.8. The Labute approximate surface area is 179 Å². The van der Waals surface area contributed by atoms with Gasteiger partial charge in [-0.2, -0.15) is 0 Å². The van der Waals surface area contributed by atoms with Crippen molar-refractivity contribution in [1.29, 1.82) is 0 Å². The van der Waals surface area contributed by atoms with Crippen molar-refractivity contribution in [3.8, 4) is 5.75 Å². The minimum atomic E-state index is -0.989. The monoisotopic (exact) mass is 416 g/mol. The van der Waals surface area contributed by atoms with Gasteiger partial charge < -0.3 is 4.74 Å². The van der Waals surface area contributed by atoms with E-state index >= 15 is 0 Å². The van der Waals surface area contributed by atoms with E-state index in [1.165, 1.54) is 28.0 Å². The van der Waals surface area contributed by atoms with Gasteiger partial charge in [-0.1, -0.05) is 48.0 Å². The number of fused-ring (bicyclic) bond motifs is 4. The predicted molar refractivity (Wildman–Crippen MR) is 114 cm³/mol. The summed E-state index contributed by atoms with van der Waals surface area (Å²) in [5.41, 5.74) is 1.28.